The first-order valence-corrected chi connectivity index (χ1v) is 12.9. The lowest BCUT2D eigenvalue weighted by atomic mass is 9.99. The summed E-state index contributed by atoms with van der Waals surface area (Å²) in [6.45, 7) is 0.528. The molecule has 208 valence electrons. The molecule has 1 unspecified atom stereocenters. The molecule has 1 fully saturated rings. The monoisotopic (exact) mass is 571 g/mol. The SMILES string of the molecule is COc1cc(NC(C(=O)N2CC3(CC3)c3ccc(OC(F)(F)F)cc32)c2ccc(Cl)cc2)cc(OCCC#N)c1. The molecule has 7 nitrogen and oxygen atoms in total. The number of carbonyl (C=O) groups is 1. The zero-order chi connectivity index (χ0) is 28.5. The quantitative estimate of drug-likeness (QED) is 0.285. The van der Waals surface area contributed by atoms with E-state index in [0.29, 0.717) is 40.0 Å². The lowest BCUT2D eigenvalue weighted by Gasteiger charge is -2.27. The highest BCUT2D eigenvalue weighted by molar-refractivity contribution is 6.30. The van der Waals surface area contributed by atoms with Gasteiger partial charge in [0.15, 0.2) is 0 Å². The van der Waals surface area contributed by atoms with Crippen molar-refractivity contribution in [3.8, 4) is 23.3 Å². The summed E-state index contributed by atoms with van der Waals surface area (Å²) < 4.78 is 54.1. The van der Waals surface area contributed by atoms with Crippen LogP contribution in [0, 0.1) is 11.3 Å². The number of ether oxygens (including phenoxy) is 3. The minimum atomic E-state index is -4.86. The van der Waals surface area contributed by atoms with Crippen molar-refractivity contribution in [2.75, 3.05) is 30.5 Å². The van der Waals surface area contributed by atoms with Crippen LogP contribution in [0.4, 0.5) is 24.5 Å². The van der Waals surface area contributed by atoms with Crippen LogP contribution in [-0.4, -0.2) is 32.5 Å². The van der Waals surface area contributed by atoms with E-state index < -0.39 is 12.4 Å². The van der Waals surface area contributed by atoms with Gasteiger partial charge in [-0.05, 0) is 42.2 Å². The van der Waals surface area contributed by atoms with E-state index in [9.17, 15) is 18.0 Å². The highest BCUT2D eigenvalue weighted by Gasteiger charge is 2.54. The number of nitrogens with one attached hydrogen (secondary N) is 1. The summed E-state index contributed by atoms with van der Waals surface area (Å²) in [5, 5.41) is 12.6. The Bertz CT molecular complexity index is 1450. The van der Waals surface area contributed by atoms with Gasteiger partial charge in [0.2, 0.25) is 0 Å². The molecule has 1 amide bonds. The molecule has 40 heavy (non-hydrogen) atoms. The average molecular weight is 572 g/mol. The number of hydrogen-bond donors (Lipinski definition) is 1. The molecule has 5 rings (SSSR count). The molecule has 3 aromatic rings. The lowest BCUT2D eigenvalue weighted by molar-refractivity contribution is -0.274. The number of hydrogen-bond acceptors (Lipinski definition) is 6. The Labute approximate surface area is 234 Å². The largest absolute Gasteiger partial charge is 0.573 e. The Balaban J connectivity index is 1.50. The summed E-state index contributed by atoms with van der Waals surface area (Å²) in [6.07, 6.45) is -2.99. The van der Waals surface area contributed by atoms with Crippen LogP contribution in [0.2, 0.25) is 5.02 Å². The van der Waals surface area contributed by atoms with Gasteiger partial charge in [-0.1, -0.05) is 29.8 Å². The minimum Gasteiger partial charge on any atom is -0.497 e. The van der Waals surface area contributed by atoms with Gasteiger partial charge in [-0.2, -0.15) is 5.26 Å². The van der Waals surface area contributed by atoms with E-state index >= 15 is 0 Å². The third-order valence-corrected chi connectivity index (χ3v) is 7.26. The normalized spacial score (nSPS) is 15.7. The molecule has 1 N–H and O–H groups in total. The summed E-state index contributed by atoms with van der Waals surface area (Å²) in [5.41, 5.74) is 2.07. The van der Waals surface area contributed by atoms with E-state index in [2.05, 4.69) is 10.1 Å². The second-order valence-electron chi connectivity index (χ2n) is 9.71. The number of rotatable bonds is 9. The average Bonchev–Trinajstić information content (AvgIpc) is 3.63. The standard InChI is InChI=1S/C29H25ClF3N3O4/c1-38-22-13-20(14-23(15-22)39-12-2-11-34)35-26(18-3-5-19(30)6-4-18)27(37)36-17-28(9-10-28)24-8-7-21(16-25(24)36)40-29(31,32)33/h3-8,13-16,26,35H,2,9-10,12,17H2,1H3. The van der Waals surface area contributed by atoms with Crippen LogP contribution in [-0.2, 0) is 10.2 Å². The van der Waals surface area contributed by atoms with E-state index in [1.54, 1.807) is 48.5 Å². The van der Waals surface area contributed by atoms with Gasteiger partial charge in [0.25, 0.3) is 5.91 Å². The minimum absolute atomic E-state index is 0.178. The predicted octanol–water partition coefficient (Wildman–Crippen LogP) is 6.77. The molecule has 0 saturated heterocycles. The lowest BCUT2D eigenvalue weighted by Crippen LogP contribution is -2.38. The number of carbonyl (C=O) groups excluding carboxylic acids is 1. The molecule has 1 aliphatic carbocycles. The maximum Gasteiger partial charge on any atom is 0.573 e. The molecule has 11 heteroatoms. The molecule has 1 atom stereocenters. The number of nitriles is 1. The van der Waals surface area contributed by atoms with Gasteiger partial charge in [0.05, 0.1) is 25.3 Å². The zero-order valence-corrected chi connectivity index (χ0v) is 22.2. The Morgan fingerprint density at radius 2 is 1.82 bits per heavy atom. The summed E-state index contributed by atoms with van der Waals surface area (Å²) in [7, 11) is 1.50. The smallest absolute Gasteiger partial charge is 0.497 e. The molecule has 3 aromatic carbocycles. The van der Waals surface area contributed by atoms with Crippen LogP contribution in [0.5, 0.6) is 17.2 Å². The zero-order valence-electron chi connectivity index (χ0n) is 21.4. The van der Waals surface area contributed by atoms with Crippen LogP contribution < -0.4 is 24.4 Å². The number of amides is 1. The third-order valence-electron chi connectivity index (χ3n) is 7.00. The maximum absolute atomic E-state index is 14.2. The van der Waals surface area contributed by atoms with Gasteiger partial charge in [0.1, 0.15) is 29.9 Å². The van der Waals surface area contributed by atoms with E-state index in [1.807, 2.05) is 6.07 Å². The van der Waals surface area contributed by atoms with E-state index in [1.165, 1.54) is 24.1 Å². The van der Waals surface area contributed by atoms with Crippen molar-refractivity contribution < 1.29 is 32.2 Å². The van der Waals surface area contributed by atoms with Gasteiger partial charge in [0, 0.05) is 46.9 Å². The van der Waals surface area contributed by atoms with Crippen molar-refractivity contribution in [1.29, 1.82) is 5.26 Å². The van der Waals surface area contributed by atoms with Crippen molar-refractivity contribution in [3.05, 3.63) is 76.8 Å². The predicted molar refractivity (Wildman–Crippen MR) is 143 cm³/mol. The number of anilines is 2. The second-order valence-corrected chi connectivity index (χ2v) is 10.2. The van der Waals surface area contributed by atoms with Crippen LogP contribution in [0.3, 0.4) is 0 Å². The first kappa shape index (κ1) is 27.5. The number of alkyl halides is 3. The van der Waals surface area contributed by atoms with Gasteiger partial charge in [-0.15, -0.1) is 13.2 Å². The number of fused-ring (bicyclic) bond motifs is 2. The van der Waals surface area contributed by atoms with Gasteiger partial charge in [-0.25, -0.2) is 0 Å². The highest BCUT2D eigenvalue weighted by atomic mass is 35.5. The number of halogens is 4. The molecule has 1 heterocycles. The Kier molecular flexibility index (Phi) is 7.43. The van der Waals surface area contributed by atoms with Gasteiger partial charge < -0.3 is 24.4 Å². The van der Waals surface area contributed by atoms with Crippen molar-refractivity contribution in [1.82, 2.24) is 0 Å². The topological polar surface area (TPSA) is 83.8 Å². The number of nitrogens with zero attached hydrogens (tertiary/aromatic N) is 2. The fourth-order valence-electron chi connectivity index (χ4n) is 4.96. The van der Waals surface area contributed by atoms with Crippen molar-refractivity contribution >= 4 is 28.9 Å². The molecular formula is C29H25ClF3N3O4. The first-order valence-electron chi connectivity index (χ1n) is 12.5. The molecule has 2 aliphatic rings. The Hall–Kier alpha value is -4.10. The van der Waals surface area contributed by atoms with Crippen molar-refractivity contribution in [2.45, 2.75) is 37.1 Å². The van der Waals surface area contributed by atoms with E-state index in [4.69, 9.17) is 26.3 Å². The molecule has 0 radical (unpaired) electrons. The summed E-state index contributed by atoms with van der Waals surface area (Å²) in [4.78, 5) is 15.8. The van der Waals surface area contributed by atoms with Crippen LogP contribution in [0.1, 0.15) is 36.4 Å². The van der Waals surface area contributed by atoms with Gasteiger partial charge in [-0.3, -0.25) is 4.79 Å². The molecule has 1 spiro atoms. The second kappa shape index (κ2) is 10.8. The Morgan fingerprint density at radius 3 is 2.48 bits per heavy atom. The summed E-state index contributed by atoms with van der Waals surface area (Å²) in [5.74, 6) is 0.171. The molecular weight excluding hydrogens is 547 g/mol. The molecule has 1 aliphatic heterocycles. The fraction of sp³-hybridized carbons (Fsp3) is 0.310. The highest BCUT2D eigenvalue weighted by Crippen LogP contribution is 2.57. The number of benzene rings is 3. The van der Waals surface area contributed by atoms with Gasteiger partial charge >= 0.3 is 6.36 Å². The van der Waals surface area contributed by atoms with E-state index in [0.717, 1.165) is 18.4 Å². The molecule has 0 aromatic heterocycles. The van der Waals surface area contributed by atoms with E-state index in [-0.39, 0.29) is 30.1 Å². The molecule has 0 bridgehead atoms. The summed E-state index contributed by atoms with van der Waals surface area (Å²) >= 11 is 6.11. The van der Waals surface area contributed by atoms with Crippen LogP contribution in [0.15, 0.2) is 60.7 Å². The summed E-state index contributed by atoms with van der Waals surface area (Å²) in [6, 6.07) is 17.1. The fourth-order valence-corrected chi connectivity index (χ4v) is 5.09. The maximum atomic E-state index is 14.2. The van der Waals surface area contributed by atoms with Crippen LogP contribution >= 0.6 is 11.6 Å². The van der Waals surface area contributed by atoms with Crippen molar-refractivity contribution in [3.63, 3.8) is 0 Å². The van der Waals surface area contributed by atoms with Crippen LogP contribution in [0.25, 0.3) is 0 Å². The van der Waals surface area contributed by atoms with Crippen molar-refractivity contribution in [2.24, 2.45) is 0 Å². The number of methoxy groups -OCH3 is 1. The third kappa shape index (κ3) is 5.89. The first-order chi connectivity index (χ1) is 19.1. The Morgan fingerprint density at radius 1 is 1.10 bits per heavy atom. The molecule has 1 saturated carbocycles.